The fraction of sp³-hybridized carbons (Fsp3) is 0.158. The Labute approximate surface area is 150 Å². The molecule has 26 heavy (non-hydrogen) atoms. The summed E-state index contributed by atoms with van der Waals surface area (Å²) in [6, 6.07) is 13.6. The van der Waals surface area contributed by atoms with Gasteiger partial charge < -0.3 is 15.4 Å². The molecule has 1 heterocycles. The number of ether oxygens (including phenoxy) is 1. The molecule has 1 unspecified atom stereocenters. The molecule has 7 heteroatoms. The van der Waals surface area contributed by atoms with Gasteiger partial charge in [-0.25, -0.2) is 14.8 Å². The summed E-state index contributed by atoms with van der Waals surface area (Å²) in [5.74, 6) is -0.129. The molecule has 0 bridgehead atoms. The third-order valence-corrected chi connectivity index (χ3v) is 3.84. The van der Waals surface area contributed by atoms with Gasteiger partial charge in [-0.05, 0) is 37.3 Å². The van der Waals surface area contributed by atoms with E-state index in [1.165, 1.54) is 13.4 Å². The number of benzene rings is 2. The Morgan fingerprint density at radius 1 is 1.08 bits per heavy atom. The number of methoxy groups -OCH3 is 1. The lowest BCUT2D eigenvalue weighted by Gasteiger charge is -2.16. The van der Waals surface area contributed by atoms with Crippen molar-refractivity contribution in [2.24, 2.45) is 0 Å². The number of carbonyl (C=O) groups excluding carboxylic acids is 2. The molecule has 2 aromatic carbocycles. The van der Waals surface area contributed by atoms with E-state index >= 15 is 0 Å². The predicted molar refractivity (Wildman–Crippen MR) is 99.0 cm³/mol. The van der Waals surface area contributed by atoms with Gasteiger partial charge in [-0.15, -0.1) is 0 Å². The minimum absolute atomic E-state index is 0.255. The minimum Gasteiger partial charge on any atom is -0.465 e. The Bertz CT molecular complexity index is 953. The van der Waals surface area contributed by atoms with Crippen molar-refractivity contribution in [1.29, 1.82) is 0 Å². The highest BCUT2D eigenvalue weighted by atomic mass is 16.5. The normalized spacial score (nSPS) is 11.6. The zero-order chi connectivity index (χ0) is 18.5. The van der Waals surface area contributed by atoms with Crippen LogP contribution < -0.4 is 10.6 Å². The predicted octanol–water partition coefficient (Wildman–Crippen LogP) is 2.86. The van der Waals surface area contributed by atoms with Gasteiger partial charge in [0.2, 0.25) is 5.91 Å². The van der Waals surface area contributed by atoms with Crippen LogP contribution in [0, 0.1) is 0 Å². The van der Waals surface area contributed by atoms with E-state index in [0.717, 1.165) is 10.9 Å². The first kappa shape index (κ1) is 17.3. The van der Waals surface area contributed by atoms with Crippen LogP contribution in [0.15, 0.2) is 54.9 Å². The molecule has 0 fully saturated rings. The Morgan fingerprint density at radius 2 is 1.88 bits per heavy atom. The van der Waals surface area contributed by atoms with Crippen LogP contribution in [0.3, 0.4) is 0 Å². The van der Waals surface area contributed by atoms with Gasteiger partial charge >= 0.3 is 5.97 Å². The highest BCUT2D eigenvalue weighted by Gasteiger charge is 2.16. The number of nitrogens with one attached hydrogen (secondary N) is 2. The number of amides is 1. The van der Waals surface area contributed by atoms with Crippen molar-refractivity contribution in [1.82, 2.24) is 9.97 Å². The number of esters is 1. The third kappa shape index (κ3) is 3.77. The second-order valence-electron chi connectivity index (χ2n) is 5.67. The van der Waals surface area contributed by atoms with E-state index in [1.54, 1.807) is 31.2 Å². The average Bonchev–Trinajstić information content (AvgIpc) is 2.67. The fourth-order valence-electron chi connectivity index (χ4n) is 2.48. The number of para-hydroxylation sites is 1. The molecule has 0 saturated carbocycles. The van der Waals surface area contributed by atoms with Gasteiger partial charge in [0.1, 0.15) is 18.2 Å². The summed E-state index contributed by atoms with van der Waals surface area (Å²) >= 11 is 0. The summed E-state index contributed by atoms with van der Waals surface area (Å²) in [4.78, 5) is 32.5. The van der Waals surface area contributed by atoms with E-state index in [9.17, 15) is 9.59 Å². The SMILES string of the molecule is COC(=O)c1cccc(NC(=O)C(C)Nc2ncnc3ccccc23)c1. The van der Waals surface area contributed by atoms with Crippen molar-refractivity contribution in [3.05, 3.63) is 60.4 Å². The number of hydrogen-bond acceptors (Lipinski definition) is 6. The van der Waals surface area contributed by atoms with Crippen LogP contribution in [0.4, 0.5) is 11.5 Å². The lowest BCUT2D eigenvalue weighted by atomic mass is 10.2. The first-order valence-electron chi connectivity index (χ1n) is 8.04. The summed E-state index contributed by atoms with van der Waals surface area (Å²) in [7, 11) is 1.31. The first-order chi connectivity index (χ1) is 12.6. The van der Waals surface area contributed by atoms with Crippen molar-refractivity contribution >= 4 is 34.3 Å². The van der Waals surface area contributed by atoms with E-state index in [4.69, 9.17) is 0 Å². The van der Waals surface area contributed by atoms with Gasteiger partial charge in [0.05, 0.1) is 18.2 Å². The van der Waals surface area contributed by atoms with Crippen LogP contribution in [0.25, 0.3) is 10.9 Å². The molecule has 1 atom stereocenters. The van der Waals surface area contributed by atoms with E-state index in [2.05, 4.69) is 25.3 Å². The summed E-state index contributed by atoms with van der Waals surface area (Å²) in [6.07, 6.45) is 1.45. The third-order valence-electron chi connectivity index (χ3n) is 3.84. The summed E-state index contributed by atoms with van der Waals surface area (Å²) in [6.45, 7) is 1.73. The molecule has 132 valence electrons. The first-order valence-corrected chi connectivity index (χ1v) is 8.04. The van der Waals surface area contributed by atoms with Crippen molar-refractivity contribution < 1.29 is 14.3 Å². The zero-order valence-electron chi connectivity index (χ0n) is 14.4. The van der Waals surface area contributed by atoms with Gasteiger partial charge in [0.25, 0.3) is 0 Å². The van der Waals surface area contributed by atoms with Crippen molar-refractivity contribution in [2.75, 3.05) is 17.7 Å². The number of nitrogens with zero attached hydrogens (tertiary/aromatic N) is 2. The molecule has 0 spiro atoms. The van der Waals surface area contributed by atoms with Crippen LogP contribution in [0.1, 0.15) is 17.3 Å². The number of rotatable bonds is 5. The minimum atomic E-state index is -0.546. The number of anilines is 2. The van der Waals surface area contributed by atoms with E-state index in [1.807, 2.05) is 24.3 Å². The van der Waals surface area contributed by atoms with Gasteiger partial charge in [0.15, 0.2) is 0 Å². The summed E-state index contributed by atoms with van der Waals surface area (Å²) in [5, 5.41) is 6.71. The lowest BCUT2D eigenvalue weighted by Crippen LogP contribution is -2.32. The van der Waals surface area contributed by atoms with Crippen molar-refractivity contribution in [3.8, 4) is 0 Å². The highest BCUT2D eigenvalue weighted by Crippen LogP contribution is 2.19. The molecule has 0 saturated heterocycles. The molecule has 1 aromatic heterocycles. The lowest BCUT2D eigenvalue weighted by molar-refractivity contribution is -0.116. The molecule has 7 nitrogen and oxygen atoms in total. The molecule has 3 aromatic rings. The van der Waals surface area contributed by atoms with Gasteiger partial charge in [0, 0.05) is 11.1 Å². The summed E-state index contributed by atoms with van der Waals surface area (Å²) in [5.41, 5.74) is 1.68. The van der Waals surface area contributed by atoms with E-state index in [0.29, 0.717) is 17.1 Å². The number of hydrogen-bond donors (Lipinski definition) is 2. The van der Waals surface area contributed by atoms with Gasteiger partial charge in [-0.3, -0.25) is 4.79 Å². The monoisotopic (exact) mass is 350 g/mol. The quantitative estimate of drug-likeness (QED) is 0.687. The Kier molecular flexibility index (Phi) is 5.07. The van der Waals surface area contributed by atoms with Crippen molar-refractivity contribution in [2.45, 2.75) is 13.0 Å². The molecule has 0 aliphatic carbocycles. The Hall–Kier alpha value is -3.48. The second kappa shape index (κ2) is 7.60. The topological polar surface area (TPSA) is 93.2 Å². The highest BCUT2D eigenvalue weighted by molar-refractivity contribution is 5.99. The largest absolute Gasteiger partial charge is 0.465 e. The summed E-state index contributed by atoms with van der Waals surface area (Å²) < 4.78 is 4.69. The van der Waals surface area contributed by atoms with Crippen LogP contribution in [-0.2, 0) is 9.53 Å². The van der Waals surface area contributed by atoms with E-state index in [-0.39, 0.29) is 5.91 Å². The fourth-order valence-corrected chi connectivity index (χ4v) is 2.48. The van der Waals surface area contributed by atoms with E-state index < -0.39 is 12.0 Å². The van der Waals surface area contributed by atoms with Crippen LogP contribution in [0.2, 0.25) is 0 Å². The van der Waals surface area contributed by atoms with Gasteiger partial charge in [-0.2, -0.15) is 0 Å². The molecular weight excluding hydrogens is 332 g/mol. The molecule has 1 amide bonds. The standard InChI is InChI=1S/C19H18N4O3/c1-12(22-17-15-8-3-4-9-16(15)20-11-21-17)18(24)23-14-7-5-6-13(10-14)19(25)26-2/h3-12H,1-2H3,(H,23,24)(H,20,21,22). The molecule has 0 radical (unpaired) electrons. The molecule has 3 rings (SSSR count). The second-order valence-corrected chi connectivity index (χ2v) is 5.67. The molecule has 2 N–H and O–H groups in total. The maximum atomic E-state index is 12.5. The van der Waals surface area contributed by atoms with Crippen LogP contribution >= 0.6 is 0 Å². The number of carbonyl (C=O) groups is 2. The number of fused-ring (bicyclic) bond motifs is 1. The average molecular weight is 350 g/mol. The molecular formula is C19H18N4O3. The van der Waals surface area contributed by atoms with Crippen LogP contribution in [0.5, 0.6) is 0 Å². The Balaban J connectivity index is 1.73. The zero-order valence-corrected chi connectivity index (χ0v) is 14.4. The maximum Gasteiger partial charge on any atom is 0.337 e. The molecule has 0 aliphatic rings. The smallest absolute Gasteiger partial charge is 0.337 e. The van der Waals surface area contributed by atoms with Gasteiger partial charge in [-0.1, -0.05) is 18.2 Å². The van der Waals surface area contributed by atoms with Crippen molar-refractivity contribution in [3.63, 3.8) is 0 Å². The molecule has 0 aliphatic heterocycles. The number of aromatic nitrogens is 2. The maximum absolute atomic E-state index is 12.5. The van der Waals surface area contributed by atoms with Crippen LogP contribution in [-0.4, -0.2) is 35.0 Å². The Morgan fingerprint density at radius 3 is 2.69 bits per heavy atom.